The van der Waals surface area contributed by atoms with Crippen LogP contribution in [0.4, 0.5) is 0 Å². The molecule has 3 aromatic rings. The van der Waals surface area contributed by atoms with E-state index in [1.807, 2.05) is 7.05 Å². The number of halogens is 2. The molecule has 2 atom stereocenters. The Balaban J connectivity index is 0.00000274. The summed E-state index contributed by atoms with van der Waals surface area (Å²) < 4.78 is 5.15. The molecule has 0 unspecified atom stereocenters. The molecule has 2 aliphatic rings. The van der Waals surface area contributed by atoms with Crippen molar-refractivity contribution in [3.05, 3.63) is 50.6 Å². The van der Waals surface area contributed by atoms with Gasteiger partial charge in [-0.15, -0.1) is 23.7 Å². The third-order valence-electron chi connectivity index (χ3n) is 5.87. The fraction of sp³-hybridized carbons (Fsp3) is 0.364. The van der Waals surface area contributed by atoms with Crippen molar-refractivity contribution >= 4 is 64.0 Å². The van der Waals surface area contributed by atoms with Crippen molar-refractivity contribution in [2.75, 3.05) is 20.2 Å². The van der Waals surface area contributed by atoms with E-state index in [1.165, 1.54) is 11.3 Å². The van der Waals surface area contributed by atoms with Crippen LogP contribution in [0.15, 0.2) is 24.3 Å². The molecule has 0 bridgehead atoms. The number of ether oxygens (including phenoxy) is 1. The Hall–Kier alpha value is -2.66. The van der Waals surface area contributed by atoms with Crippen LogP contribution in [0, 0.1) is 0 Å². The van der Waals surface area contributed by atoms with Crippen molar-refractivity contribution in [1.82, 2.24) is 25.5 Å². The standard InChI is InChI=1S/C22H22ClN5O4S.ClH/c1-28-5-4-14-18(9-28)33-22(27-14)21(31)26-17-10-32-19(29)8-15(17)25-20(30)16-7-11-6-12(23)2-3-13(11)24-16;/h2-3,6-7,15,17,24H,4-5,8-10H2,1H3,(H,25,30)(H,26,31);1H/t15-,17-;/m1./s1. The van der Waals surface area contributed by atoms with Gasteiger partial charge in [-0.1, -0.05) is 11.6 Å². The number of hydrogen-bond donors (Lipinski definition) is 3. The lowest BCUT2D eigenvalue weighted by Crippen LogP contribution is -2.57. The van der Waals surface area contributed by atoms with E-state index in [1.54, 1.807) is 24.3 Å². The number of likely N-dealkylation sites (N-methyl/N-ethyl adjacent to an activating group) is 1. The minimum Gasteiger partial charge on any atom is -0.463 e. The summed E-state index contributed by atoms with van der Waals surface area (Å²) in [7, 11) is 2.04. The van der Waals surface area contributed by atoms with E-state index in [-0.39, 0.29) is 37.2 Å². The van der Waals surface area contributed by atoms with E-state index in [0.717, 1.165) is 41.0 Å². The van der Waals surface area contributed by atoms with Crippen LogP contribution in [0.2, 0.25) is 5.02 Å². The molecule has 1 fully saturated rings. The number of esters is 1. The molecule has 4 heterocycles. The number of benzene rings is 1. The van der Waals surface area contributed by atoms with E-state index in [2.05, 4.69) is 25.5 Å². The van der Waals surface area contributed by atoms with Crippen molar-refractivity contribution in [2.24, 2.45) is 0 Å². The molecular weight excluding hydrogens is 501 g/mol. The van der Waals surface area contributed by atoms with Gasteiger partial charge in [-0.05, 0) is 31.3 Å². The number of H-pyrrole nitrogens is 1. The molecule has 0 radical (unpaired) electrons. The summed E-state index contributed by atoms with van der Waals surface area (Å²) in [5.41, 5.74) is 2.07. The second-order valence-electron chi connectivity index (χ2n) is 8.34. The molecule has 2 aromatic heterocycles. The van der Waals surface area contributed by atoms with Gasteiger partial charge in [0.1, 0.15) is 12.3 Å². The predicted octanol–water partition coefficient (Wildman–Crippen LogP) is 2.53. The van der Waals surface area contributed by atoms with Crippen molar-refractivity contribution in [1.29, 1.82) is 0 Å². The zero-order valence-electron chi connectivity index (χ0n) is 18.2. The fourth-order valence-corrected chi connectivity index (χ4v) is 5.37. The molecule has 180 valence electrons. The van der Waals surface area contributed by atoms with Gasteiger partial charge in [-0.3, -0.25) is 14.4 Å². The molecule has 34 heavy (non-hydrogen) atoms. The molecule has 9 nitrogen and oxygen atoms in total. The first-order valence-corrected chi connectivity index (χ1v) is 11.8. The number of carbonyl (C=O) groups excluding carboxylic acids is 3. The predicted molar refractivity (Wildman–Crippen MR) is 131 cm³/mol. The number of fused-ring (bicyclic) bond motifs is 2. The van der Waals surface area contributed by atoms with Gasteiger partial charge in [0.25, 0.3) is 11.8 Å². The van der Waals surface area contributed by atoms with Crippen LogP contribution in [0.3, 0.4) is 0 Å². The second kappa shape index (κ2) is 9.91. The quantitative estimate of drug-likeness (QED) is 0.452. The van der Waals surface area contributed by atoms with Gasteiger partial charge in [0.05, 0.1) is 24.2 Å². The van der Waals surface area contributed by atoms with E-state index in [4.69, 9.17) is 16.3 Å². The van der Waals surface area contributed by atoms with Crippen LogP contribution >= 0.6 is 35.3 Å². The average molecular weight is 524 g/mol. The van der Waals surface area contributed by atoms with Gasteiger partial charge in [-0.2, -0.15) is 0 Å². The summed E-state index contributed by atoms with van der Waals surface area (Å²) in [5, 5.41) is 7.51. The molecule has 2 aliphatic heterocycles. The Kier molecular flexibility index (Phi) is 7.13. The molecule has 3 N–H and O–H groups in total. The van der Waals surface area contributed by atoms with E-state index in [0.29, 0.717) is 15.7 Å². The highest BCUT2D eigenvalue weighted by atomic mass is 35.5. The average Bonchev–Trinajstić information content (AvgIpc) is 3.39. The summed E-state index contributed by atoms with van der Waals surface area (Å²) in [4.78, 5) is 48.5. The summed E-state index contributed by atoms with van der Waals surface area (Å²) >= 11 is 7.40. The van der Waals surface area contributed by atoms with Crippen LogP contribution in [0.25, 0.3) is 10.9 Å². The molecular formula is C22H23Cl2N5O4S. The first kappa shape index (κ1) is 24.5. The third-order valence-corrected chi connectivity index (χ3v) is 7.19. The molecule has 0 saturated carbocycles. The number of rotatable bonds is 4. The van der Waals surface area contributed by atoms with Crippen molar-refractivity contribution in [3.8, 4) is 0 Å². The Morgan fingerprint density at radius 3 is 2.85 bits per heavy atom. The molecule has 0 spiro atoms. The Morgan fingerprint density at radius 1 is 1.24 bits per heavy atom. The van der Waals surface area contributed by atoms with Gasteiger partial charge < -0.3 is 25.3 Å². The van der Waals surface area contributed by atoms with Gasteiger partial charge in [0, 0.05) is 40.3 Å². The SMILES string of the molecule is CN1CCc2nc(C(=O)N[C@@H]3COC(=O)C[C@H]3NC(=O)c3cc4cc(Cl)ccc4[nH]3)sc2C1.Cl. The highest BCUT2D eigenvalue weighted by Crippen LogP contribution is 2.25. The van der Waals surface area contributed by atoms with E-state index in [9.17, 15) is 14.4 Å². The van der Waals surface area contributed by atoms with Crippen LogP contribution < -0.4 is 10.6 Å². The maximum absolute atomic E-state index is 12.9. The monoisotopic (exact) mass is 523 g/mol. The number of aromatic amines is 1. The van der Waals surface area contributed by atoms with Crippen LogP contribution in [-0.4, -0.2) is 64.9 Å². The summed E-state index contributed by atoms with van der Waals surface area (Å²) in [5.74, 6) is -1.14. The number of cyclic esters (lactones) is 1. The van der Waals surface area contributed by atoms with Crippen LogP contribution in [0.1, 0.15) is 37.3 Å². The molecule has 12 heteroatoms. The number of aromatic nitrogens is 2. The lowest BCUT2D eigenvalue weighted by atomic mass is 10.0. The molecule has 2 amide bonds. The minimum absolute atomic E-state index is 0. The maximum Gasteiger partial charge on any atom is 0.308 e. The normalized spacial score (nSPS) is 20.2. The summed E-state index contributed by atoms with van der Waals surface area (Å²) in [6, 6.07) is 5.80. The van der Waals surface area contributed by atoms with Gasteiger partial charge in [0.15, 0.2) is 5.01 Å². The van der Waals surface area contributed by atoms with Crippen molar-refractivity contribution < 1.29 is 19.1 Å². The number of nitrogens with one attached hydrogen (secondary N) is 3. The fourth-order valence-electron chi connectivity index (χ4n) is 4.10. The molecule has 0 aliphatic carbocycles. The minimum atomic E-state index is -0.613. The van der Waals surface area contributed by atoms with Gasteiger partial charge in [0.2, 0.25) is 0 Å². The Bertz CT molecular complexity index is 1260. The van der Waals surface area contributed by atoms with Crippen LogP contribution in [0.5, 0.6) is 0 Å². The molecule has 1 aromatic carbocycles. The number of hydrogen-bond acceptors (Lipinski definition) is 7. The number of thiazole rings is 1. The summed E-state index contributed by atoms with van der Waals surface area (Å²) in [6.45, 7) is 1.66. The maximum atomic E-state index is 12.9. The number of amides is 2. The Morgan fingerprint density at radius 2 is 2.03 bits per heavy atom. The highest BCUT2D eigenvalue weighted by molar-refractivity contribution is 7.13. The van der Waals surface area contributed by atoms with Crippen LogP contribution in [-0.2, 0) is 22.5 Å². The number of nitrogens with zero attached hydrogens (tertiary/aromatic N) is 2. The van der Waals surface area contributed by atoms with E-state index >= 15 is 0 Å². The lowest BCUT2D eigenvalue weighted by molar-refractivity contribution is -0.149. The topological polar surface area (TPSA) is 116 Å². The third kappa shape index (κ3) is 5.05. The lowest BCUT2D eigenvalue weighted by Gasteiger charge is -2.31. The molecule has 5 rings (SSSR count). The zero-order valence-corrected chi connectivity index (χ0v) is 20.6. The van der Waals surface area contributed by atoms with Crippen molar-refractivity contribution in [2.45, 2.75) is 31.5 Å². The van der Waals surface area contributed by atoms with E-state index < -0.39 is 18.1 Å². The number of carbonyl (C=O) groups is 3. The van der Waals surface area contributed by atoms with Crippen molar-refractivity contribution in [3.63, 3.8) is 0 Å². The Labute approximate surface area is 210 Å². The van der Waals surface area contributed by atoms with Gasteiger partial charge in [-0.25, -0.2) is 4.98 Å². The second-order valence-corrected chi connectivity index (χ2v) is 9.86. The highest BCUT2D eigenvalue weighted by Gasteiger charge is 2.34. The first-order valence-electron chi connectivity index (χ1n) is 10.6. The zero-order chi connectivity index (χ0) is 23.1. The largest absolute Gasteiger partial charge is 0.463 e. The molecule has 1 saturated heterocycles. The van der Waals surface area contributed by atoms with Gasteiger partial charge >= 0.3 is 5.97 Å². The first-order chi connectivity index (χ1) is 15.9. The smallest absolute Gasteiger partial charge is 0.308 e. The summed E-state index contributed by atoms with van der Waals surface area (Å²) in [6.07, 6.45) is 0.771.